The molecule has 1 unspecified atom stereocenters. The van der Waals surface area contributed by atoms with Crippen molar-refractivity contribution in [3.63, 3.8) is 0 Å². The van der Waals surface area contributed by atoms with Gasteiger partial charge < -0.3 is 15.4 Å². The Kier molecular flexibility index (Phi) is 5.23. The van der Waals surface area contributed by atoms with E-state index in [4.69, 9.17) is 10.5 Å². The quantitative estimate of drug-likeness (QED) is 0.883. The van der Waals surface area contributed by atoms with Gasteiger partial charge >= 0.3 is 0 Å². The number of hydrogen-bond acceptors (Lipinski definition) is 3. The second kappa shape index (κ2) is 7.14. The van der Waals surface area contributed by atoms with Gasteiger partial charge in [0.2, 0.25) is 0 Å². The van der Waals surface area contributed by atoms with E-state index in [2.05, 4.69) is 41.3 Å². The predicted molar refractivity (Wildman–Crippen MR) is 89.0 cm³/mol. The molecule has 0 fully saturated rings. The molecule has 3 nitrogen and oxygen atoms in total. The molecule has 2 aromatic carbocycles. The van der Waals surface area contributed by atoms with Crippen LogP contribution in [0.1, 0.15) is 23.6 Å². The molecule has 0 aromatic heterocycles. The second-order valence-electron chi connectivity index (χ2n) is 5.48. The van der Waals surface area contributed by atoms with E-state index in [1.165, 1.54) is 16.8 Å². The monoisotopic (exact) mass is 284 g/mol. The molecule has 1 atom stereocenters. The van der Waals surface area contributed by atoms with Crippen LogP contribution in [0.25, 0.3) is 0 Å². The topological polar surface area (TPSA) is 38.5 Å². The van der Waals surface area contributed by atoms with Gasteiger partial charge in [0, 0.05) is 25.8 Å². The molecule has 0 amide bonds. The Morgan fingerprint density at radius 2 is 1.62 bits per heavy atom. The number of hydrogen-bond donors (Lipinski definition) is 1. The summed E-state index contributed by atoms with van der Waals surface area (Å²) in [5.41, 5.74) is 9.96. The molecule has 0 radical (unpaired) electrons. The van der Waals surface area contributed by atoms with E-state index in [1.807, 2.05) is 26.2 Å². The van der Waals surface area contributed by atoms with Crippen LogP contribution in [-0.2, 0) is 6.42 Å². The first-order valence-electron chi connectivity index (χ1n) is 7.26. The molecule has 2 N–H and O–H groups in total. The first-order valence-corrected chi connectivity index (χ1v) is 7.26. The summed E-state index contributed by atoms with van der Waals surface area (Å²) in [7, 11) is 5.76. The lowest BCUT2D eigenvalue weighted by atomic mass is 9.99. The van der Waals surface area contributed by atoms with Gasteiger partial charge in [-0.25, -0.2) is 0 Å². The molecule has 0 aliphatic rings. The summed E-state index contributed by atoms with van der Waals surface area (Å²) in [6.45, 7) is 0. The van der Waals surface area contributed by atoms with Gasteiger partial charge in [0.05, 0.1) is 7.11 Å². The lowest BCUT2D eigenvalue weighted by Gasteiger charge is -2.16. The molecule has 0 bridgehead atoms. The van der Waals surface area contributed by atoms with Crippen LogP contribution in [0.3, 0.4) is 0 Å². The third-order valence-electron chi connectivity index (χ3n) is 3.74. The number of nitrogens with two attached hydrogens (primary N) is 1. The summed E-state index contributed by atoms with van der Waals surface area (Å²) in [6.07, 6.45) is 1.91. The van der Waals surface area contributed by atoms with Crippen LogP contribution in [0.5, 0.6) is 5.75 Å². The second-order valence-corrected chi connectivity index (χ2v) is 5.48. The molecule has 0 saturated carbocycles. The Morgan fingerprint density at radius 1 is 1.00 bits per heavy atom. The van der Waals surface area contributed by atoms with Crippen molar-refractivity contribution in [3.8, 4) is 5.75 Å². The third-order valence-corrected chi connectivity index (χ3v) is 3.74. The zero-order chi connectivity index (χ0) is 15.2. The van der Waals surface area contributed by atoms with Gasteiger partial charge in [0.25, 0.3) is 0 Å². The Labute approximate surface area is 127 Å². The minimum atomic E-state index is 0.0725. The first-order chi connectivity index (χ1) is 10.1. The largest absolute Gasteiger partial charge is 0.497 e. The maximum Gasteiger partial charge on any atom is 0.118 e. The third kappa shape index (κ3) is 4.23. The van der Waals surface area contributed by atoms with Crippen molar-refractivity contribution in [2.24, 2.45) is 5.73 Å². The van der Waals surface area contributed by atoms with Crippen LogP contribution >= 0.6 is 0 Å². The molecule has 0 aliphatic heterocycles. The maximum absolute atomic E-state index is 6.29. The van der Waals surface area contributed by atoms with E-state index in [0.717, 1.165) is 18.6 Å². The standard InChI is InChI=1S/C18H24N2O/c1-20(2)16-9-7-15(8-10-16)18(19)13-6-14-4-11-17(21-3)12-5-14/h4-5,7-12,18H,6,13,19H2,1-3H3. The number of methoxy groups -OCH3 is 1. The molecule has 0 saturated heterocycles. The van der Waals surface area contributed by atoms with Crippen molar-refractivity contribution in [3.05, 3.63) is 59.7 Å². The van der Waals surface area contributed by atoms with Gasteiger partial charge in [-0.2, -0.15) is 0 Å². The van der Waals surface area contributed by atoms with E-state index in [0.29, 0.717) is 0 Å². The van der Waals surface area contributed by atoms with Crippen molar-refractivity contribution < 1.29 is 4.74 Å². The molecular weight excluding hydrogens is 260 g/mol. The van der Waals surface area contributed by atoms with Crippen LogP contribution in [0, 0.1) is 0 Å². The number of anilines is 1. The van der Waals surface area contributed by atoms with Gasteiger partial charge in [-0.3, -0.25) is 0 Å². The summed E-state index contributed by atoms with van der Waals surface area (Å²) in [4.78, 5) is 2.09. The van der Waals surface area contributed by atoms with Crippen molar-refractivity contribution in [2.75, 3.05) is 26.1 Å². The fraction of sp³-hybridized carbons (Fsp3) is 0.333. The van der Waals surface area contributed by atoms with Crippen LogP contribution in [0.15, 0.2) is 48.5 Å². The number of nitrogens with zero attached hydrogens (tertiary/aromatic N) is 1. The van der Waals surface area contributed by atoms with Crippen molar-refractivity contribution >= 4 is 5.69 Å². The summed E-state index contributed by atoms with van der Waals surface area (Å²) in [5, 5.41) is 0. The Bertz CT molecular complexity index is 546. The number of rotatable bonds is 6. The van der Waals surface area contributed by atoms with Gasteiger partial charge in [-0.1, -0.05) is 24.3 Å². The van der Waals surface area contributed by atoms with Crippen LogP contribution in [-0.4, -0.2) is 21.2 Å². The summed E-state index contributed by atoms with van der Waals surface area (Å²) in [6, 6.07) is 16.7. The Hall–Kier alpha value is -2.00. The highest BCUT2D eigenvalue weighted by atomic mass is 16.5. The highest BCUT2D eigenvalue weighted by molar-refractivity contribution is 5.46. The van der Waals surface area contributed by atoms with Gasteiger partial charge in [-0.05, 0) is 48.2 Å². The molecular formula is C18H24N2O. The van der Waals surface area contributed by atoms with E-state index < -0.39 is 0 Å². The molecule has 2 aromatic rings. The predicted octanol–water partition coefficient (Wildman–Crippen LogP) is 3.39. The number of aryl methyl sites for hydroxylation is 1. The lowest BCUT2D eigenvalue weighted by Crippen LogP contribution is -2.12. The first kappa shape index (κ1) is 15.4. The van der Waals surface area contributed by atoms with E-state index >= 15 is 0 Å². The van der Waals surface area contributed by atoms with Crippen LogP contribution < -0.4 is 15.4 Å². The minimum Gasteiger partial charge on any atom is -0.497 e. The Morgan fingerprint density at radius 3 is 2.14 bits per heavy atom. The smallest absolute Gasteiger partial charge is 0.118 e. The van der Waals surface area contributed by atoms with E-state index in [9.17, 15) is 0 Å². The molecule has 0 spiro atoms. The normalized spacial score (nSPS) is 12.0. The summed E-state index contributed by atoms with van der Waals surface area (Å²) in [5.74, 6) is 0.891. The molecule has 2 rings (SSSR count). The summed E-state index contributed by atoms with van der Waals surface area (Å²) >= 11 is 0. The number of benzene rings is 2. The van der Waals surface area contributed by atoms with E-state index in [-0.39, 0.29) is 6.04 Å². The summed E-state index contributed by atoms with van der Waals surface area (Å²) < 4.78 is 5.17. The molecule has 0 heterocycles. The maximum atomic E-state index is 6.29. The minimum absolute atomic E-state index is 0.0725. The van der Waals surface area contributed by atoms with Crippen LogP contribution in [0.4, 0.5) is 5.69 Å². The Balaban J connectivity index is 1.92. The van der Waals surface area contributed by atoms with Crippen molar-refractivity contribution in [1.82, 2.24) is 0 Å². The fourth-order valence-electron chi connectivity index (χ4n) is 2.30. The van der Waals surface area contributed by atoms with Gasteiger partial charge in [-0.15, -0.1) is 0 Å². The van der Waals surface area contributed by atoms with Crippen molar-refractivity contribution in [1.29, 1.82) is 0 Å². The van der Waals surface area contributed by atoms with Crippen LogP contribution in [0.2, 0.25) is 0 Å². The average Bonchev–Trinajstić information content (AvgIpc) is 2.53. The highest BCUT2D eigenvalue weighted by Gasteiger charge is 2.07. The molecule has 3 heteroatoms. The van der Waals surface area contributed by atoms with E-state index in [1.54, 1.807) is 7.11 Å². The molecule has 112 valence electrons. The van der Waals surface area contributed by atoms with Crippen molar-refractivity contribution in [2.45, 2.75) is 18.9 Å². The fourth-order valence-corrected chi connectivity index (χ4v) is 2.30. The SMILES string of the molecule is COc1ccc(CCC(N)c2ccc(N(C)C)cc2)cc1. The zero-order valence-corrected chi connectivity index (χ0v) is 13.0. The lowest BCUT2D eigenvalue weighted by molar-refractivity contribution is 0.414. The van der Waals surface area contributed by atoms with Gasteiger partial charge in [0.15, 0.2) is 0 Å². The zero-order valence-electron chi connectivity index (χ0n) is 13.0. The molecule has 21 heavy (non-hydrogen) atoms. The average molecular weight is 284 g/mol. The number of ether oxygens (including phenoxy) is 1. The highest BCUT2D eigenvalue weighted by Crippen LogP contribution is 2.21. The van der Waals surface area contributed by atoms with Gasteiger partial charge in [0.1, 0.15) is 5.75 Å². The molecule has 0 aliphatic carbocycles.